The van der Waals surface area contributed by atoms with Crippen LogP contribution in [0.2, 0.25) is 5.02 Å². The predicted molar refractivity (Wildman–Crippen MR) is 71.8 cm³/mol. The minimum atomic E-state index is -1.13. The summed E-state index contributed by atoms with van der Waals surface area (Å²) in [7, 11) is 0. The molecule has 0 saturated heterocycles. The third-order valence-corrected chi connectivity index (χ3v) is 5.03. The second-order valence-corrected chi connectivity index (χ2v) is 6.28. The number of nitriles is 1. The fourth-order valence-electron chi connectivity index (χ4n) is 1.50. The highest BCUT2D eigenvalue weighted by Gasteiger charge is 2.19. The van der Waals surface area contributed by atoms with E-state index in [-0.39, 0.29) is 0 Å². The van der Waals surface area contributed by atoms with Gasteiger partial charge in [-0.05, 0) is 28.9 Å². The van der Waals surface area contributed by atoms with Gasteiger partial charge in [0.05, 0.1) is 0 Å². The SMILES string of the molecule is C[S+]([O-])c1scc(-c2ccc(Cl)cc2)c1C#N. The highest BCUT2D eigenvalue weighted by molar-refractivity contribution is 7.92. The van der Waals surface area contributed by atoms with Crippen LogP contribution in [0, 0.1) is 11.3 Å². The Kier molecular flexibility index (Phi) is 3.75. The first kappa shape index (κ1) is 12.5. The zero-order valence-electron chi connectivity index (χ0n) is 8.94. The quantitative estimate of drug-likeness (QED) is 0.789. The molecule has 0 spiro atoms. The standard InChI is InChI=1S/C12H8ClNOS2/c1-17(15)12-10(6-14)11(7-16-12)8-2-4-9(13)5-3-8/h2-5,7H,1H3. The van der Waals surface area contributed by atoms with Crippen LogP contribution in [0.1, 0.15) is 5.56 Å². The number of benzene rings is 1. The summed E-state index contributed by atoms with van der Waals surface area (Å²) in [5.41, 5.74) is 2.23. The average molecular weight is 282 g/mol. The molecule has 1 atom stereocenters. The van der Waals surface area contributed by atoms with Crippen LogP contribution < -0.4 is 0 Å². The number of rotatable bonds is 2. The number of thiophene rings is 1. The molecule has 0 amide bonds. The Bertz CT molecular complexity index is 569. The van der Waals surface area contributed by atoms with Gasteiger partial charge in [0.25, 0.3) is 0 Å². The lowest BCUT2D eigenvalue weighted by Crippen LogP contribution is -1.96. The average Bonchev–Trinajstić information content (AvgIpc) is 2.73. The largest absolute Gasteiger partial charge is 0.611 e. The highest BCUT2D eigenvalue weighted by Crippen LogP contribution is 2.34. The van der Waals surface area contributed by atoms with E-state index in [1.807, 2.05) is 17.5 Å². The van der Waals surface area contributed by atoms with Crippen LogP contribution in [-0.4, -0.2) is 10.8 Å². The van der Waals surface area contributed by atoms with E-state index in [2.05, 4.69) is 6.07 Å². The first-order valence-electron chi connectivity index (χ1n) is 4.74. The molecular formula is C12H8ClNOS2. The molecule has 17 heavy (non-hydrogen) atoms. The Balaban J connectivity index is 2.53. The van der Waals surface area contributed by atoms with Crippen molar-refractivity contribution < 1.29 is 4.55 Å². The summed E-state index contributed by atoms with van der Waals surface area (Å²) >= 11 is 6.04. The number of nitrogens with zero attached hydrogens (tertiary/aromatic N) is 1. The lowest BCUT2D eigenvalue weighted by Gasteiger charge is -2.02. The molecule has 0 aliphatic rings. The van der Waals surface area contributed by atoms with Crippen molar-refractivity contribution in [2.75, 3.05) is 6.26 Å². The van der Waals surface area contributed by atoms with Gasteiger partial charge in [-0.1, -0.05) is 35.1 Å². The Hall–Kier alpha value is -0.990. The van der Waals surface area contributed by atoms with Gasteiger partial charge in [0.2, 0.25) is 4.21 Å². The van der Waals surface area contributed by atoms with Gasteiger partial charge in [0.1, 0.15) is 17.9 Å². The number of hydrogen-bond donors (Lipinski definition) is 0. The molecule has 1 heterocycles. The Morgan fingerprint density at radius 3 is 2.53 bits per heavy atom. The lowest BCUT2D eigenvalue weighted by molar-refractivity contribution is 0.602. The van der Waals surface area contributed by atoms with Crippen molar-refractivity contribution in [3.63, 3.8) is 0 Å². The van der Waals surface area contributed by atoms with Crippen LogP contribution in [0.15, 0.2) is 33.9 Å². The number of halogens is 1. The molecule has 0 saturated carbocycles. The van der Waals surface area contributed by atoms with E-state index in [0.717, 1.165) is 11.1 Å². The van der Waals surface area contributed by atoms with Crippen LogP contribution in [-0.2, 0) is 11.2 Å². The van der Waals surface area contributed by atoms with Crippen molar-refractivity contribution in [3.8, 4) is 17.2 Å². The van der Waals surface area contributed by atoms with Gasteiger partial charge in [0.15, 0.2) is 0 Å². The zero-order chi connectivity index (χ0) is 12.4. The summed E-state index contributed by atoms with van der Waals surface area (Å²) in [5, 5.41) is 11.7. The minimum Gasteiger partial charge on any atom is -0.611 e. The molecule has 1 aromatic heterocycles. The molecule has 0 N–H and O–H groups in total. The molecule has 1 aromatic carbocycles. The molecule has 2 aromatic rings. The van der Waals surface area contributed by atoms with Crippen molar-refractivity contribution >= 4 is 34.1 Å². The van der Waals surface area contributed by atoms with Crippen molar-refractivity contribution in [2.45, 2.75) is 4.21 Å². The van der Waals surface area contributed by atoms with Crippen LogP contribution in [0.3, 0.4) is 0 Å². The topological polar surface area (TPSA) is 46.8 Å². The number of hydrogen-bond acceptors (Lipinski definition) is 3. The normalized spacial score (nSPS) is 12.1. The first-order valence-corrected chi connectivity index (χ1v) is 7.56. The van der Waals surface area contributed by atoms with Crippen molar-refractivity contribution in [1.82, 2.24) is 0 Å². The van der Waals surface area contributed by atoms with Crippen LogP contribution in [0.5, 0.6) is 0 Å². The molecule has 0 radical (unpaired) electrons. The maximum atomic E-state index is 11.5. The monoisotopic (exact) mass is 281 g/mol. The van der Waals surface area contributed by atoms with Gasteiger partial charge in [-0.15, -0.1) is 0 Å². The van der Waals surface area contributed by atoms with Gasteiger partial charge >= 0.3 is 0 Å². The summed E-state index contributed by atoms with van der Waals surface area (Å²) in [6, 6.07) is 9.38. The minimum absolute atomic E-state index is 0.498. The van der Waals surface area contributed by atoms with Crippen molar-refractivity contribution in [3.05, 3.63) is 40.2 Å². The summed E-state index contributed by atoms with van der Waals surface area (Å²) in [6.45, 7) is 0. The maximum absolute atomic E-state index is 11.5. The van der Waals surface area contributed by atoms with Gasteiger partial charge in [-0.25, -0.2) is 0 Å². The summed E-state index contributed by atoms with van der Waals surface area (Å²) in [6.07, 6.45) is 1.58. The van der Waals surface area contributed by atoms with Gasteiger partial charge in [0, 0.05) is 16.0 Å². The molecule has 1 unspecified atom stereocenters. The summed E-state index contributed by atoms with van der Waals surface area (Å²) < 4.78 is 12.1. The molecule has 0 aliphatic heterocycles. The Morgan fingerprint density at radius 1 is 1.35 bits per heavy atom. The van der Waals surface area contributed by atoms with E-state index in [1.54, 1.807) is 18.4 Å². The van der Waals surface area contributed by atoms with Crippen molar-refractivity contribution in [2.24, 2.45) is 0 Å². The molecule has 2 rings (SSSR count). The van der Waals surface area contributed by atoms with E-state index in [0.29, 0.717) is 14.8 Å². The molecule has 86 valence electrons. The van der Waals surface area contributed by atoms with Gasteiger partial charge < -0.3 is 4.55 Å². The van der Waals surface area contributed by atoms with E-state index in [9.17, 15) is 4.55 Å². The fourth-order valence-corrected chi connectivity index (χ4v) is 3.51. The van der Waals surface area contributed by atoms with E-state index in [4.69, 9.17) is 16.9 Å². The second-order valence-electron chi connectivity index (χ2n) is 3.38. The molecular weight excluding hydrogens is 274 g/mol. The molecule has 2 nitrogen and oxygen atoms in total. The van der Waals surface area contributed by atoms with E-state index < -0.39 is 11.2 Å². The lowest BCUT2D eigenvalue weighted by atomic mass is 10.1. The first-order chi connectivity index (χ1) is 8.13. The van der Waals surface area contributed by atoms with E-state index in [1.165, 1.54) is 11.3 Å². The van der Waals surface area contributed by atoms with Crippen molar-refractivity contribution in [1.29, 1.82) is 5.26 Å². The Labute approximate surface area is 112 Å². The summed E-state index contributed by atoms with van der Waals surface area (Å²) in [5.74, 6) is 0. The van der Waals surface area contributed by atoms with Crippen LogP contribution in [0.4, 0.5) is 0 Å². The zero-order valence-corrected chi connectivity index (χ0v) is 11.3. The molecule has 5 heteroatoms. The fraction of sp³-hybridized carbons (Fsp3) is 0.0833. The maximum Gasteiger partial charge on any atom is 0.224 e. The van der Waals surface area contributed by atoms with Gasteiger partial charge in [-0.3, -0.25) is 0 Å². The third-order valence-electron chi connectivity index (χ3n) is 2.29. The summed E-state index contributed by atoms with van der Waals surface area (Å²) in [4.78, 5) is 0. The molecule has 0 bridgehead atoms. The Morgan fingerprint density at radius 2 is 2.00 bits per heavy atom. The third kappa shape index (κ3) is 2.48. The van der Waals surface area contributed by atoms with Crippen LogP contribution >= 0.6 is 22.9 Å². The molecule has 0 fully saturated rings. The van der Waals surface area contributed by atoms with Gasteiger partial charge in [-0.2, -0.15) is 5.26 Å². The predicted octanol–water partition coefficient (Wildman–Crippen LogP) is 3.68. The molecule has 0 aliphatic carbocycles. The van der Waals surface area contributed by atoms with Crippen LogP contribution in [0.25, 0.3) is 11.1 Å². The smallest absolute Gasteiger partial charge is 0.224 e. The second kappa shape index (κ2) is 5.11. The highest BCUT2D eigenvalue weighted by atomic mass is 35.5. The van der Waals surface area contributed by atoms with E-state index >= 15 is 0 Å².